The molecule has 2 N–H and O–H groups in total. The third-order valence-electron chi connectivity index (χ3n) is 3.05. The molecule has 7 nitrogen and oxygen atoms in total. The van der Waals surface area contributed by atoms with Gasteiger partial charge < -0.3 is 10.6 Å². The minimum absolute atomic E-state index is 0.00783. The molecule has 0 bridgehead atoms. The molecule has 0 saturated carbocycles. The van der Waals surface area contributed by atoms with Crippen LogP contribution in [0.1, 0.15) is 12.5 Å². The predicted octanol–water partition coefficient (Wildman–Crippen LogP) is 3.32. The zero-order chi connectivity index (χ0) is 18.4. The van der Waals surface area contributed by atoms with Crippen molar-refractivity contribution in [2.24, 2.45) is 0 Å². The van der Waals surface area contributed by atoms with Crippen molar-refractivity contribution in [3.8, 4) is 0 Å². The van der Waals surface area contributed by atoms with Crippen LogP contribution in [0.3, 0.4) is 0 Å². The van der Waals surface area contributed by atoms with Crippen LogP contribution in [-0.4, -0.2) is 16.7 Å². The van der Waals surface area contributed by atoms with E-state index in [9.17, 15) is 19.7 Å². The summed E-state index contributed by atoms with van der Waals surface area (Å²) in [4.78, 5) is 34.1. The molecule has 0 aliphatic rings. The van der Waals surface area contributed by atoms with Gasteiger partial charge in [-0.05, 0) is 58.5 Å². The van der Waals surface area contributed by atoms with Gasteiger partial charge in [0.15, 0.2) is 0 Å². The molecule has 0 atom stereocenters. The molecule has 128 valence electrons. The number of carbonyl (C=O) groups is 2. The van der Waals surface area contributed by atoms with E-state index in [0.29, 0.717) is 11.3 Å². The first-order chi connectivity index (χ1) is 11.8. The lowest BCUT2D eigenvalue weighted by molar-refractivity contribution is -0.384. The molecule has 0 aliphatic carbocycles. The maximum atomic E-state index is 12.4. The van der Waals surface area contributed by atoms with E-state index in [1.165, 1.54) is 31.2 Å². The molecular formula is C17H14IN3O4. The van der Waals surface area contributed by atoms with Crippen molar-refractivity contribution in [1.82, 2.24) is 5.32 Å². The molecule has 2 aromatic carbocycles. The smallest absolute Gasteiger partial charge is 0.272 e. The molecule has 0 fully saturated rings. The van der Waals surface area contributed by atoms with E-state index in [2.05, 4.69) is 33.2 Å². The van der Waals surface area contributed by atoms with Gasteiger partial charge in [0.25, 0.3) is 11.6 Å². The molecule has 2 amide bonds. The van der Waals surface area contributed by atoms with Gasteiger partial charge in [-0.1, -0.05) is 12.1 Å². The van der Waals surface area contributed by atoms with Crippen molar-refractivity contribution in [2.45, 2.75) is 6.92 Å². The number of rotatable bonds is 5. The van der Waals surface area contributed by atoms with E-state index in [0.717, 1.165) is 3.57 Å². The summed E-state index contributed by atoms with van der Waals surface area (Å²) in [5.74, 6) is -0.947. The number of nitrogens with one attached hydrogen (secondary N) is 2. The molecule has 0 unspecified atom stereocenters. The molecule has 0 heterocycles. The van der Waals surface area contributed by atoms with Gasteiger partial charge in [0, 0.05) is 28.3 Å². The highest BCUT2D eigenvalue weighted by atomic mass is 127. The lowest BCUT2D eigenvalue weighted by atomic mass is 10.1. The minimum Gasteiger partial charge on any atom is -0.322 e. The highest BCUT2D eigenvalue weighted by molar-refractivity contribution is 14.1. The van der Waals surface area contributed by atoms with Crippen LogP contribution in [0.25, 0.3) is 6.08 Å². The van der Waals surface area contributed by atoms with Crippen molar-refractivity contribution < 1.29 is 14.5 Å². The summed E-state index contributed by atoms with van der Waals surface area (Å²) in [5.41, 5.74) is 0.886. The summed E-state index contributed by atoms with van der Waals surface area (Å²) in [6, 6.07) is 12.9. The Hall–Kier alpha value is -2.75. The second kappa shape index (κ2) is 8.38. The van der Waals surface area contributed by atoms with Crippen molar-refractivity contribution >= 4 is 51.9 Å². The Bertz CT molecular complexity index is 847. The number of hydrogen-bond donors (Lipinski definition) is 2. The highest BCUT2D eigenvalue weighted by Gasteiger charge is 2.13. The van der Waals surface area contributed by atoms with Crippen molar-refractivity contribution in [2.75, 3.05) is 5.32 Å². The van der Waals surface area contributed by atoms with Crippen LogP contribution in [0, 0.1) is 13.7 Å². The number of anilines is 1. The molecule has 0 aliphatic heterocycles. The standard InChI is InChI=1S/C17H14IN3O4/c1-11(22)19-16(10-12-3-2-4-15(9-12)21(24)25)17(23)20-14-7-5-13(18)6-8-14/h2-10H,1H3,(H,19,22)(H,20,23). The van der Waals surface area contributed by atoms with E-state index < -0.39 is 16.7 Å². The third kappa shape index (κ3) is 5.68. The first-order valence-corrected chi connectivity index (χ1v) is 8.23. The van der Waals surface area contributed by atoms with Gasteiger partial charge in [-0.2, -0.15) is 0 Å². The van der Waals surface area contributed by atoms with Crippen molar-refractivity contribution in [3.05, 3.63) is 73.5 Å². The van der Waals surface area contributed by atoms with Crippen molar-refractivity contribution in [1.29, 1.82) is 0 Å². The number of hydrogen-bond acceptors (Lipinski definition) is 4. The van der Waals surface area contributed by atoms with Crippen LogP contribution in [-0.2, 0) is 9.59 Å². The predicted molar refractivity (Wildman–Crippen MR) is 103 cm³/mol. The summed E-state index contributed by atoms with van der Waals surface area (Å²) in [7, 11) is 0. The van der Waals surface area contributed by atoms with Gasteiger partial charge in [-0.3, -0.25) is 19.7 Å². The lowest BCUT2D eigenvalue weighted by Gasteiger charge is -2.10. The van der Waals surface area contributed by atoms with Crippen LogP contribution in [0.15, 0.2) is 54.2 Å². The number of non-ortho nitro benzene ring substituents is 1. The van der Waals surface area contributed by atoms with E-state index in [-0.39, 0.29) is 11.4 Å². The molecular weight excluding hydrogens is 437 g/mol. The molecule has 8 heteroatoms. The fourth-order valence-electron chi connectivity index (χ4n) is 1.97. The van der Waals surface area contributed by atoms with Crippen LogP contribution in [0.4, 0.5) is 11.4 Å². The second-order valence-corrected chi connectivity index (χ2v) is 6.30. The molecule has 0 aromatic heterocycles. The normalized spacial score (nSPS) is 10.9. The largest absolute Gasteiger partial charge is 0.322 e. The van der Waals surface area contributed by atoms with Crippen LogP contribution < -0.4 is 10.6 Å². The van der Waals surface area contributed by atoms with Crippen molar-refractivity contribution in [3.63, 3.8) is 0 Å². The molecule has 2 aromatic rings. The summed E-state index contributed by atoms with van der Waals surface area (Å²) in [5, 5.41) is 16.0. The summed E-state index contributed by atoms with van der Waals surface area (Å²) in [6.45, 7) is 1.28. The zero-order valence-corrected chi connectivity index (χ0v) is 15.3. The Balaban J connectivity index is 2.29. The molecule has 2 rings (SSSR count). The van der Waals surface area contributed by atoms with Gasteiger partial charge in [-0.15, -0.1) is 0 Å². The average Bonchev–Trinajstić information content (AvgIpc) is 2.56. The number of amides is 2. The molecule has 0 saturated heterocycles. The molecule has 0 radical (unpaired) electrons. The zero-order valence-electron chi connectivity index (χ0n) is 13.2. The Morgan fingerprint density at radius 2 is 1.84 bits per heavy atom. The summed E-state index contributed by atoms with van der Waals surface area (Å²) >= 11 is 2.15. The number of halogens is 1. The van der Waals surface area contributed by atoms with E-state index in [4.69, 9.17) is 0 Å². The number of nitro benzene ring substituents is 1. The number of benzene rings is 2. The summed E-state index contributed by atoms with van der Waals surface area (Å²) in [6.07, 6.45) is 1.39. The van der Waals surface area contributed by atoms with Gasteiger partial charge >= 0.3 is 0 Å². The molecule has 0 spiro atoms. The summed E-state index contributed by atoms with van der Waals surface area (Å²) < 4.78 is 1.02. The second-order valence-electron chi connectivity index (χ2n) is 5.05. The lowest BCUT2D eigenvalue weighted by Crippen LogP contribution is -2.28. The SMILES string of the molecule is CC(=O)NC(=Cc1cccc([N+](=O)[O-])c1)C(=O)Nc1ccc(I)cc1. The first-order valence-electron chi connectivity index (χ1n) is 7.16. The topological polar surface area (TPSA) is 101 Å². The van der Waals surface area contributed by atoms with E-state index >= 15 is 0 Å². The van der Waals surface area contributed by atoms with Crippen LogP contribution in [0.2, 0.25) is 0 Å². The maximum Gasteiger partial charge on any atom is 0.272 e. The van der Waals surface area contributed by atoms with E-state index in [1.807, 2.05) is 12.1 Å². The Kier molecular flexibility index (Phi) is 6.23. The Morgan fingerprint density at radius 3 is 2.44 bits per heavy atom. The van der Waals surface area contributed by atoms with Gasteiger partial charge in [0.1, 0.15) is 5.70 Å². The molecule has 25 heavy (non-hydrogen) atoms. The Morgan fingerprint density at radius 1 is 1.16 bits per heavy atom. The average molecular weight is 451 g/mol. The van der Waals surface area contributed by atoms with Gasteiger partial charge in [0.05, 0.1) is 4.92 Å². The number of nitro groups is 1. The van der Waals surface area contributed by atoms with Gasteiger partial charge in [-0.25, -0.2) is 0 Å². The number of carbonyl (C=O) groups excluding carboxylic acids is 2. The van der Waals surface area contributed by atoms with Gasteiger partial charge in [0.2, 0.25) is 5.91 Å². The monoisotopic (exact) mass is 451 g/mol. The maximum absolute atomic E-state index is 12.4. The first kappa shape index (κ1) is 18.6. The fourth-order valence-corrected chi connectivity index (χ4v) is 2.33. The number of nitrogens with zero attached hydrogens (tertiary/aromatic N) is 1. The quantitative estimate of drug-likeness (QED) is 0.315. The third-order valence-corrected chi connectivity index (χ3v) is 3.77. The fraction of sp³-hybridized carbons (Fsp3) is 0.0588. The highest BCUT2D eigenvalue weighted by Crippen LogP contribution is 2.16. The Labute approximate surface area is 157 Å². The van der Waals surface area contributed by atoms with E-state index in [1.54, 1.807) is 18.2 Å². The minimum atomic E-state index is -0.527. The van der Waals surface area contributed by atoms with Crippen LogP contribution in [0.5, 0.6) is 0 Å². The van der Waals surface area contributed by atoms with Crippen LogP contribution >= 0.6 is 22.6 Å².